The topological polar surface area (TPSA) is 98.7 Å². The molecule has 0 bridgehead atoms. The summed E-state index contributed by atoms with van der Waals surface area (Å²) in [6, 6.07) is 7.74. The standard InChI is InChI=1S/C23H22F2N6O3/c1-23(12-32)11-27-22(33-13-23)29-14-8-17(24)20(18(25)9-14)34-31-10-16(19-5-7-28-30(19)2)15-4-3-6-26-21(15)31/h3-10,32H,11-13H2,1-2H3,(H,27,29). The van der Waals surface area contributed by atoms with Crippen molar-refractivity contribution in [2.24, 2.45) is 17.5 Å². The first kappa shape index (κ1) is 21.8. The van der Waals surface area contributed by atoms with Crippen molar-refractivity contribution >= 4 is 22.7 Å². The first-order valence-corrected chi connectivity index (χ1v) is 10.5. The maximum Gasteiger partial charge on any atom is 0.289 e. The van der Waals surface area contributed by atoms with E-state index in [4.69, 9.17) is 9.57 Å². The van der Waals surface area contributed by atoms with E-state index in [0.29, 0.717) is 12.2 Å². The van der Waals surface area contributed by atoms with Gasteiger partial charge in [0.05, 0.1) is 25.0 Å². The number of aliphatic imine (C=N–C) groups is 1. The molecule has 11 heteroatoms. The number of aliphatic hydroxyl groups excluding tert-OH is 1. The molecule has 5 rings (SSSR count). The van der Waals surface area contributed by atoms with E-state index in [-0.39, 0.29) is 24.9 Å². The maximum absolute atomic E-state index is 14.9. The van der Waals surface area contributed by atoms with Crippen molar-refractivity contribution in [3.05, 3.63) is 60.6 Å². The van der Waals surface area contributed by atoms with Crippen molar-refractivity contribution in [1.82, 2.24) is 19.5 Å². The van der Waals surface area contributed by atoms with Gasteiger partial charge in [-0.1, -0.05) is 6.92 Å². The number of fused-ring (bicyclic) bond motifs is 1. The van der Waals surface area contributed by atoms with Crippen molar-refractivity contribution in [3.8, 4) is 17.0 Å². The lowest BCUT2D eigenvalue weighted by molar-refractivity contribution is 0.0706. The Morgan fingerprint density at radius 2 is 2.03 bits per heavy atom. The van der Waals surface area contributed by atoms with Crippen LogP contribution in [0, 0.1) is 17.0 Å². The lowest BCUT2D eigenvalue weighted by Crippen LogP contribution is -2.38. The lowest BCUT2D eigenvalue weighted by atomic mass is 9.93. The molecule has 0 amide bonds. The number of pyridine rings is 1. The van der Waals surface area contributed by atoms with Gasteiger partial charge in [-0.2, -0.15) is 9.83 Å². The molecule has 1 aliphatic heterocycles. The highest BCUT2D eigenvalue weighted by Gasteiger charge is 2.29. The van der Waals surface area contributed by atoms with Crippen LogP contribution in [0.1, 0.15) is 6.92 Å². The summed E-state index contributed by atoms with van der Waals surface area (Å²) in [6.07, 6.45) is 4.84. The molecule has 1 unspecified atom stereocenters. The number of rotatable bonds is 5. The number of anilines is 1. The quantitative estimate of drug-likeness (QED) is 0.466. The molecule has 34 heavy (non-hydrogen) atoms. The van der Waals surface area contributed by atoms with Gasteiger partial charge in [0.2, 0.25) is 5.75 Å². The Balaban J connectivity index is 1.43. The minimum atomic E-state index is -0.918. The molecule has 1 atom stereocenters. The van der Waals surface area contributed by atoms with Crippen LogP contribution in [-0.4, -0.2) is 50.4 Å². The van der Waals surface area contributed by atoms with E-state index >= 15 is 0 Å². The van der Waals surface area contributed by atoms with E-state index < -0.39 is 22.8 Å². The summed E-state index contributed by atoms with van der Waals surface area (Å²) in [5.74, 6) is -2.41. The molecule has 1 aliphatic rings. The van der Waals surface area contributed by atoms with Crippen molar-refractivity contribution in [3.63, 3.8) is 0 Å². The number of nitrogens with one attached hydrogen (secondary N) is 1. The molecule has 0 saturated heterocycles. The molecule has 0 fully saturated rings. The number of amidine groups is 1. The normalized spacial score (nSPS) is 18.0. The lowest BCUT2D eigenvalue weighted by Gasteiger charge is -2.30. The van der Waals surface area contributed by atoms with Gasteiger partial charge >= 0.3 is 0 Å². The van der Waals surface area contributed by atoms with Crippen molar-refractivity contribution in [1.29, 1.82) is 0 Å². The van der Waals surface area contributed by atoms with E-state index in [0.717, 1.165) is 28.8 Å². The van der Waals surface area contributed by atoms with E-state index in [1.165, 1.54) is 4.73 Å². The number of aromatic nitrogens is 4. The van der Waals surface area contributed by atoms with Crippen LogP contribution in [0.2, 0.25) is 0 Å². The molecule has 4 aromatic rings. The Hall–Kier alpha value is -3.99. The molecule has 1 aromatic carbocycles. The SMILES string of the molecule is Cn1nccc1-c1cn(Oc2c(F)cc(NC3=NCC(C)(CO)CO3)cc2F)c2ncccc12. The van der Waals surface area contributed by atoms with Crippen LogP contribution >= 0.6 is 0 Å². The Bertz CT molecular complexity index is 1380. The molecule has 176 valence electrons. The third-order valence-corrected chi connectivity index (χ3v) is 5.61. The Labute approximate surface area is 193 Å². The van der Waals surface area contributed by atoms with Crippen LogP contribution in [0.15, 0.2) is 53.9 Å². The molecule has 4 heterocycles. The zero-order chi connectivity index (χ0) is 23.9. The summed E-state index contributed by atoms with van der Waals surface area (Å²) < 4.78 is 38.2. The van der Waals surface area contributed by atoms with Crippen molar-refractivity contribution < 1.29 is 23.5 Å². The maximum atomic E-state index is 14.9. The summed E-state index contributed by atoms with van der Waals surface area (Å²) in [6.45, 7) is 2.31. The average Bonchev–Trinajstić information content (AvgIpc) is 3.41. The fourth-order valence-electron chi connectivity index (χ4n) is 3.65. The van der Waals surface area contributed by atoms with Gasteiger partial charge in [-0.05, 0) is 18.2 Å². The van der Waals surface area contributed by atoms with Crippen LogP contribution in [0.3, 0.4) is 0 Å². The van der Waals surface area contributed by atoms with Gasteiger partial charge in [-0.3, -0.25) is 4.68 Å². The van der Waals surface area contributed by atoms with Gasteiger partial charge in [-0.15, -0.1) is 0 Å². The minimum absolute atomic E-state index is 0.0791. The van der Waals surface area contributed by atoms with E-state index in [9.17, 15) is 13.9 Å². The number of aliphatic hydroxyl groups is 1. The van der Waals surface area contributed by atoms with Crippen LogP contribution in [0.25, 0.3) is 22.3 Å². The molecule has 9 nitrogen and oxygen atoms in total. The fraction of sp³-hybridized carbons (Fsp3) is 0.261. The highest BCUT2D eigenvalue weighted by atomic mass is 19.1. The Morgan fingerprint density at radius 3 is 2.68 bits per heavy atom. The van der Waals surface area contributed by atoms with Gasteiger partial charge < -0.3 is 20.0 Å². The van der Waals surface area contributed by atoms with Gasteiger partial charge in [0.15, 0.2) is 17.3 Å². The molecule has 0 spiro atoms. The second kappa shape index (κ2) is 8.41. The van der Waals surface area contributed by atoms with Crippen LogP contribution in [-0.2, 0) is 11.8 Å². The number of hydrogen-bond acceptors (Lipinski definition) is 7. The minimum Gasteiger partial charge on any atom is -0.464 e. The summed E-state index contributed by atoms with van der Waals surface area (Å²) in [7, 11) is 1.80. The van der Waals surface area contributed by atoms with Gasteiger partial charge in [0.1, 0.15) is 6.61 Å². The molecule has 2 N–H and O–H groups in total. The van der Waals surface area contributed by atoms with E-state index in [2.05, 4.69) is 20.4 Å². The van der Waals surface area contributed by atoms with Crippen molar-refractivity contribution in [2.75, 3.05) is 25.1 Å². The Kier molecular flexibility index (Phi) is 5.40. The number of halogens is 2. The zero-order valence-corrected chi connectivity index (χ0v) is 18.5. The van der Waals surface area contributed by atoms with Crippen molar-refractivity contribution in [2.45, 2.75) is 6.92 Å². The summed E-state index contributed by atoms with van der Waals surface area (Å²) in [4.78, 5) is 14.1. The number of hydrogen-bond donors (Lipinski definition) is 2. The Morgan fingerprint density at radius 1 is 1.24 bits per heavy atom. The molecular formula is C23H22F2N6O3. The molecule has 3 aromatic heterocycles. The smallest absolute Gasteiger partial charge is 0.289 e. The van der Waals surface area contributed by atoms with Gasteiger partial charge in [0.25, 0.3) is 6.02 Å². The summed E-state index contributed by atoms with van der Waals surface area (Å²) >= 11 is 0. The third kappa shape index (κ3) is 3.94. The molecular weight excluding hydrogens is 446 g/mol. The second-order valence-corrected chi connectivity index (χ2v) is 8.45. The first-order valence-electron chi connectivity index (χ1n) is 10.5. The number of benzene rings is 1. The largest absolute Gasteiger partial charge is 0.464 e. The predicted molar refractivity (Wildman–Crippen MR) is 121 cm³/mol. The fourth-order valence-corrected chi connectivity index (χ4v) is 3.65. The van der Waals surface area contributed by atoms with Crippen LogP contribution < -0.4 is 10.2 Å². The van der Waals surface area contributed by atoms with E-state index in [1.807, 2.05) is 19.1 Å². The number of nitrogens with zero attached hydrogens (tertiary/aromatic N) is 5. The second-order valence-electron chi connectivity index (χ2n) is 8.45. The van der Waals surface area contributed by atoms with Gasteiger partial charge in [-0.25, -0.2) is 18.8 Å². The number of ether oxygens (including phenoxy) is 1. The molecule has 0 saturated carbocycles. The van der Waals surface area contributed by atoms with Gasteiger partial charge in [0, 0.05) is 53.6 Å². The first-order chi connectivity index (χ1) is 16.4. The third-order valence-electron chi connectivity index (χ3n) is 5.61. The number of aryl methyl sites for hydroxylation is 1. The molecule has 0 aliphatic carbocycles. The highest BCUT2D eigenvalue weighted by Crippen LogP contribution is 2.32. The van der Waals surface area contributed by atoms with Crippen LogP contribution in [0.5, 0.6) is 5.75 Å². The average molecular weight is 468 g/mol. The highest BCUT2D eigenvalue weighted by molar-refractivity contribution is 5.93. The predicted octanol–water partition coefficient (Wildman–Crippen LogP) is 3.35. The monoisotopic (exact) mass is 468 g/mol. The molecule has 0 radical (unpaired) electrons. The van der Waals surface area contributed by atoms with E-state index in [1.54, 1.807) is 36.4 Å². The van der Waals surface area contributed by atoms with Crippen LogP contribution in [0.4, 0.5) is 14.5 Å². The zero-order valence-electron chi connectivity index (χ0n) is 18.5. The summed E-state index contributed by atoms with van der Waals surface area (Å²) in [5, 5.41) is 17.1. The summed E-state index contributed by atoms with van der Waals surface area (Å²) in [5.41, 5.74) is 1.58.